The van der Waals surface area contributed by atoms with Crippen LogP contribution in [-0.4, -0.2) is 34.0 Å². The molecule has 1 aliphatic rings. The molecule has 5 heteroatoms. The van der Waals surface area contributed by atoms with Gasteiger partial charge in [0.15, 0.2) is 0 Å². The molecule has 0 atom stereocenters. The van der Waals surface area contributed by atoms with Gasteiger partial charge in [-0.2, -0.15) is 4.98 Å². The SMILES string of the molecule is Cc1ccc(-c2noc(CCC(=O)N3CCCCCC3)n2)cc1. The molecule has 3 rings (SSSR count). The number of aromatic nitrogens is 2. The van der Waals surface area contributed by atoms with Crippen LogP contribution in [0.1, 0.15) is 43.6 Å². The second kappa shape index (κ2) is 7.40. The quantitative estimate of drug-likeness (QED) is 0.868. The molecule has 1 saturated heterocycles. The van der Waals surface area contributed by atoms with Crippen LogP contribution in [0.25, 0.3) is 11.4 Å². The van der Waals surface area contributed by atoms with E-state index in [2.05, 4.69) is 10.1 Å². The zero-order valence-corrected chi connectivity index (χ0v) is 13.6. The van der Waals surface area contributed by atoms with E-state index in [-0.39, 0.29) is 5.91 Å². The van der Waals surface area contributed by atoms with E-state index in [9.17, 15) is 4.79 Å². The number of amides is 1. The first-order chi connectivity index (χ1) is 11.2. The van der Waals surface area contributed by atoms with Crippen molar-refractivity contribution in [3.05, 3.63) is 35.7 Å². The molecule has 23 heavy (non-hydrogen) atoms. The minimum absolute atomic E-state index is 0.196. The highest BCUT2D eigenvalue weighted by atomic mass is 16.5. The van der Waals surface area contributed by atoms with Gasteiger partial charge in [0.1, 0.15) is 0 Å². The summed E-state index contributed by atoms with van der Waals surface area (Å²) in [5.41, 5.74) is 2.13. The maximum Gasteiger partial charge on any atom is 0.227 e. The fourth-order valence-electron chi connectivity index (χ4n) is 2.87. The molecular formula is C18H23N3O2. The van der Waals surface area contributed by atoms with Crippen LogP contribution in [0.15, 0.2) is 28.8 Å². The summed E-state index contributed by atoms with van der Waals surface area (Å²) in [7, 11) is 0. The number of aryl methyl sites for hydroxylation is 2. The predicted octanol–water partition coefficient (Wildman–Crippen LogP) is 3.38. The first-order valence-corrected chi connectivity index (χ1v) is 8.40. The summed E-state index contributed by atoms with van der Waals surface area (Å²) >= 11 is 0. The molecule has 0 N–H and O–H groups in total. The Labute approximate surface area is 136 Å². The Kier molecular flexibility index (Phi) is 5.05. The summed E-state index contributed by atoms with van der Waals surface area (Å²) in [6.07, 6.45) is 5.64. The number of carbonyl (C=O) groups is 1. The molecule has 0 aliphatic carbocycles. The molecule has 0 saturated carbocycles. The van der Waals surface area contributed by atoms with Gasteiger partial charge in [0, 0.05) is 31.5 Å². The molecule has 1 aromatic heterocycles. The van der Waals surface area contributed by atoms with Crippen molar-refractivity contribution in [3.63, 3.8) is 0 Å². The normalized spacial score (nSPS) is 15.4. The maximum absolute atomic E-state index is 12.3. The molecule has 0 bridgehead atoms. The van der Waals surface area contributed by atoms with Crippen LogP contribution in [-0.2, 0) is 11.2 Å². The summed E-state index contributed by atoms with van der Waals surface area (Å²) in [6, 6.07) is 8.00. The van der Waals surface area contributed by atoms with E-state index >= 15 is 0 Å². The van der Waals surface area contributed by atoms with Gasteiger partial charge in [0.25, 0.3) is 0 Å². The van der Waals surface area contributed by atoms with Gasteiger partial charge in [-0.05, 0) is 19.8 Å². The van der Waals surface area contributed by atoms with Crippen molar-refractivity contribution in [2.45, 2.75) is 45.4 Å². The van der Waals surface area contributed by atoms with Crippen molar-refractivity contribution in [2.24, 2.45) is 0 Å². The second-order valence-electron chi connectivity index (χ2n) is 6.17. The van der Waals surface area contributed by atoms with Gasteiger partial charge < -0.3 is 9.42 Å². The van der Waals surface area contributed by atoms with E-state index in [1.54, 1.807) is 0 Å². The van der Waals surface area contributed by atoms with Crippen molar-refractivity contribution in [1.29, 1.82) is 0 Å². The van der Waals surface area contributed by atoms with E-state index in [0.29, 0.717) is 24.6 Å². The van der Waals surface area contributed by atoms with Crippen LogP contribution in [0.2, 0.25) is 0 Å². The number of benzene rings is 1. The van der Waals surface area contributed by atoms with Crippen molar-refractivity contribution >= 4 is 5.91 Å². The third-order valence-corrected chi connectivity index (χ3v) is 4.29. The van der Waals surface area contributed by atoms with Gasteiger partial charge in [-0.1, -0.05) is 47.8 Å². The summed E-state index contributed by atoms with van der Waals surface area (Å²) in [5.74, 6) is 1.31. The smallest absolute Gasteiger partial charge is 0.227 e. The number of rotatable bonds is 4. The molecular weight excluding hydrogens is 290 g/mol. The van der Waals surface area contributed by atoms with Crippen LogP contribution >= 0.6 is 0 Å². The average molecular weight is 313 g/mol. The largest absolute Gasteiger partial charge is 0.343 e. The van der Waals surface area contributed by atoms with E-state index in [1.807, 2.05) is 36.1 Å². The Bertz CT molecular complexity index is 641. The molecule has 5 nitrogen and oxygen atoms in total. The number of hydrogen-bond donors (Lipinski definition) is 0. The van der Waals surface area contributed by atoms with E-state index in [0.717, 1.165) is 31.5 Å². The monoisotopic (exact) mass is 313 g/mol. The minimum atomic E-state index is 0.196. The summed E-state index contributed by atoms with van der Waals surface area (Å²) in [6.45, 7) is 3.81. The summed E-state index contributed by atoms with van der Waals surface area (Å²) in [4.78, 5) is 18.6. The number of hydrogen-bond acceptors (Lipinski definition) is 4. The van der Waals surface area contributed by atoms with Crippen LogP contribution in [0, 0.1) is 6.92 Å². The molecule has 0 radical (unpaired) electrons. The highest BCUT2D eigenvalue weighted by molar-refractivity contribution is 5.76. The third kappa shape index (κ3) is 4.18. The second-order valence-corrected chi connectivity index (χ2v) is 6.17. The highest BCUT2D eigenvalue weighted by Gasteiger charge is 2.17. The summed E-state index contributed by atoms with van der Waals surface area (Å²) in [5, 5.41) is 4.01. The van der Waals surface area contributed by atoms with Crippen molar-refractivity contribution in [2.75, 3.05) is 13.1 Å². The molecule has 0 spiro atoms. The molecule has 2 aromatic rings. The fourth-order valence-corrected chi connectivity index (χ4v) is 2.87. The topological polar surface area (TPSA) is 59.2 Å². The number of nitrogens with zero attached hydrogens (tertiary/aromatic N) is 3. The Morgan fingerprint density at radius 3 is 2.52 bits per heavy atom. The van der Waals surface area contributed by atoms with E-state index in [1.165, 1.54) is 18.4 Å². The van der Waals surface area contributed by atoms with E-state index in [4.69, 9.17) is 4.52 Å². The van der Waals surface area contributed by atoms with E-state index < -0.39 is 0 Å². The first-order valence-electron chi connectivity index (χ1n) is 8.40. The van der Waals surface area contributed by atoms with Crippen molar-refractivity contribution < 1.29 is 9.32 Å². The molecule has 1 aliphatic heterocycles. The fraction of sp³-hybridized carbons (Fsp3) is 0.500. The standard InChI is InChI=1S/C18H23N3O2/c1-14-6-8-15(9-7-14)18-19-16(23-20-18)10-11-17(22)21-12-4-2-3-5-13-21/h6-9H,2-5,10-13H2,1H3. The van der Waals surface area contributed by atoms with Crippen LogP contribution < -0.4 is 0 Å². The lowest BCUT2D eigenvalue weighted by molar-refractivity contribution is -0.131. The molecule has 1 aromatic carbocycles. The summed E-state index contributed by atoms with van der Waals surface area (Å²) < 4.78 is 5.28. The Balaban J connectivity index is 1.56. The van der Waals surface area contributed by atoms with Gasteiger partial charge in [0.05, 0.1) is 0 Å². The Morgan fingerprint density at radius 2 is 1.83 bits per heavy atom. The Hall–Kier alpha value is -2.17. The van der Waals surface area contributed by atoms with Crippen molar-refractivity contribution in [1.82, 2.24) is 15.0 Å². The van der Waals surface area contributed by atoms with Gasteiger partial charge in [-0.15, -0.1) is 0 Å². The molecule has 1 amide bonds. The van der Waals surface area contributed by atoms with Gasteiger partial charge >= 0.3 is 0 Å². The lowest BCUT2D eigenvalue weighted by atomic mass is 10.1. The van der Waals surface area contributed by atoms with Crippen LogP contribution in [0.4, 0.5) is 0 Å². The highest BCUT2D eigenvalue weighted by Crippen LogP contribution is 2.17. The third-order valence-electron chi connectivity index (χ3n) is 4.29. The number of likely N-dealkylation sites (tertiary alicyclic amines) is 1. The average Bonchev–Trinajstić information content (AvgIpc) is 2.86. The lowest BCUT2D eigenvalue weighted by Gasteiger charge is -2.19. The van der Waals surface area contributed by atoms with Gasteiger partial charge in [0.2, 0.25) is 17.6 Å². The molecule has 2 heterocycles. The first kappa shape index (κ1) is 15.7. The Morgan fingerprint density at radius 1 is 1.13 bits per heavy atom. The van der Waals surface area contributed by atoms with Gasteiger partial charge in [-0.25, -0.2) is 0 Å². The van der Waals surface area contributed by atoms with Crippen molar-refractivity contribution in [3.8, 4) is 11.4 Å². The molecule has 122 valence electrons. The predicted molar refractivity (Wildman–Crippen MR) is 87.8 cm³/mol. The zero-order valence-electron chi connectivity index (χ0n) is 13.6. The maximum atomic E-state index is 12.3. The zero-order chi connectivity index (χ0) is 16.1. The number of carbonyl (C=O) groups excluding carboxylic acids is 1. The van der Waals surface area contributed by atoms with Crippen LogP contribution in [0.5, 0.6) is 0 Å². The molecule has 0 unspecified atom stereocenters. The lowest BCUT2D eigenvalue weighted by Crippen LogP contribution is -2.31. The van der Waals surface area contributed by atoms with Gasteiger partial charge in [-0.3, -0.25) is 4.79 Å². The molecule has 1 fully saturated rings. The minimum Gasteiger partial charge on any atom is -0.343 e. The van der Waals surface area contributed by atoms with Crippen LogP contribution in [0.3, 0.4) is 0 Å².